The number of hydrogen-bond donors (Lipinski definition) is 1. The molecule has 32 heavy (non-hydrogen) atoms. The van der Waals surface area contributed by atoms with Crippen LogP contribution >= 0.6 is 0 Å². The van der Waals surface area contributed by atoms with Crippen LogP contribution < -0.4 is 15.8 Å². The van der Waals surface area contributed by atoms with E-state index in [1.165, 1.54) is 24.7 Å². The number of fused-ring (bicyclic) bond motifs is 1. The van der Waals surface area contributed by atoms with Gasteiger partial charge in [-0.3, -0.25) is 14.6 Å². The average molecular weight is 436 g/mol. The summed E-state index contributed by atoms with van der Waals surface area (Å²) in [4.78, 5) is 33.2. The number of aromatic nitrogens is 2. The Bertz CT molecular complexity index is 1220. The summed E-state index contributed by atoms with van der Waals surface area (Å²) in [5, 5.41) is 4.20. The fraction of sp³-hybridized carbons (Fsp3) is 0.304. The zero-order chi connectivity index (χ0) is 22.7. The molecule has 0 spiro atoms. The van der Waals surface area contributed by atoms with Crippen LogP contribution in [0.2, 0.25) is 0 Å². The summed E-state index contributed by atoms with van der Waals surface area (Å²) in [6.07, 6.45) is 5.98. The maximum atomic E-state index is 15.0. The van der Waals surface area contributed by atoms with Crippen molar-refractivity contribution in [2.75, 3.05) is 38.1 Å². The number of pyridine rings is 2. The van der Waals surface area contributed by atoms with Gasteiger partial charge in [0.05, 0.1) is 23.0 Å². The summed E-state index contributed by atoms with van der Waals surface area (Å²) in [6, 6.07) is 6.19. The predicted octanol–water partition coefficient (Wildman–Crippen LogP) is 2.07. The van der Waals surface area contributed by atoms with Crippen molar-refractivity contribution in [3.63, 3.8) is 0 Å². The Morgan fingerprint density at radius 3 is 2.62 bits per heavy atom. The van der Waals surface area contributed by atoms with Gasteiger partial charge in [0.25, 0.3) is 5.91 Å². The highest BCUT2D eigenvalue weighted by atomic mass is 19.1. The number of benzene rings is 1. The Morgan fingerprint density at radius 1 is 1.22 bits per heavy atom. The van der Waals surface area contributed by atoms with Crippen LogP contribution in [-0.4, -0.2) is 59.8 Å². The SMILES string of the molecule is CCn1cc(/C=N/NC(=O)c2ccncc2)c(=O)c2cc(F)c(N3CCN(C)CC3)cc21. The van der Waals surface area contributed by atoms with Crippen LogP contribution in [0.15, 0.2) is 52.8 Å². The van der Waals surface area contributed by atoms with Gasteiger partial charge in [-0.1, -0.05) is 0 Å². The lowest BCUT2D eigenvalue weighted by molar-refractivity contribution is 0.0955. The molecular weight excluding hydrogens is 411 g/mol. The topological polar surface area (TPSA) is 82.8 Å². The van der Waals surface area contributed by atoms with Gasteiger partial charge in [0.1, 0.15) is 5.82 Å². The van der Waals surface area contributed by atoms with Crippen LogP contribution in [0.25, 0.3) is 10.9 Å². The Labute approximate surface area is 185 Å². The van der Waals surface area contributed by atoms with Gasteiger partial charge in [-0.15, -0.1) is 0 Å². The van der Waals surface area contributed by atoms with Gasteiger partial charge in [0, 0.05) is 62.3 Å². The number of anilines is 1. The summed E-state index contributed by atoms with van der Waals surface area (Å²) >= 11 is 0. The first kappa shape index (κ1) is 21.6. The van der Waals surface area contributed by atoms with Crippen molar-refractivity contribution < 1.29 is 9.18 Å². The molecule has 166 valence electrons. The molecule has 0 radical (unpaired) electrons. The third-order valence-electron chi connectivity index (χ3n) is 5.67. The number of hydrazone groups is 1. The van der Waals surface area contributed by atoms with Gasteiger partial charge < -0.3 is 14.4 Å². The number of hydrogen-bond acceptors (Lipinski definition) is 6. The Morgan fingerprint density at radius 2 is 1.94 bits per heavy atom. The summed E-state index contributed by atoms with van der Waals surface area (Å²) in [6.45, 7) is 5.73. The van der Waals surface area contributed by atoms with E-state index in [9.17, 15) is 14.0 Å². The number of carbonyl (C=O) groups excluding carboxylic acids is 1. The van der Waals surface area contributed by atoms with E-state index in [-0.39, 0.29) is 16.4 Å². The molecule has 0 saturated carbocycles. The maximum Gasteiger partial charge on any atom is 0.271 e. The fourth-order valence-corrected chi connectivity index (χ4v) is 3.79. The number of nitrogens with one attached hydrogen (secondary N) is 1. The summed E-state index contributed by atoms with van der Waals surface area (Å²) in [7, 11) is 2.05. The lowest BCUT2D eigenvalue weighted by Gasteiger charge is -2.34. The van der Waals surface area contributed by atoms with Crippen molar-refractivity contribution in [3.8, 4) is 0 Å². The highest BCUT2D eigenvalue weighted by Gasteiger charge is 2.20. The van der Waals surface area contributed by atoms with Crippen LogP contribution in [0.3, 0.4) is 0 Å². The van der Waals surface area contributed by atoms with E-state index < -0.39 is 11.7 Å². The first-order chi connectivity index (χ1) is 15.5. The molecular formula is C23H25FN6O2. The van der Waals surface area contributed by atoms with Gasteiger partial charge in [-0.25, -0.2) is 9.82 Å². The van der Waals surface area contributed by atoms with E-state index in [4.69, 9.17) is 0 Å². The highest BCUT2D eigenvalue weighted by Crippen LogP contribution is 2.26. The zero-order valence-electron chi connectivity index (χ0n) is 18.1. The quantitative estimate of drug-likeness (QED) is 0.489. The third-order valence-corrected chi connectivity index (χ3v) is 5.67. The summed E-state index contributed by atoms with van der Waals surface area (Å²) in [5.41, 5.74) is 3.91. The van der Waals surface area contributed by atoms with Crippen LogP contribution in [0.1, 0.15) is 22.8 Å². The van der Waals surface area contributed by atoms with Crippen LogP contribution in [0, 0.1) is 5.82 Å². The van der Waals surface area contributed by atoms with Gasteiger partial charge in [-0.05, 0) is 38.2 Å². The van der Waals surface area contributed by atoms with Crippen molar-refractivity contribution in [3.05, 3.63) is 70.0 Å². The molecule has 0 unspecified atom stereocenters. The molecule has 3 heterocycles. The largest absolute Gasteiger partial charge is 0.367 e. The second-order valence-corrected chi connectivity index (χ2v) is 7.75. The average Bonchev–Trinajstić information content (AvgIpc) is 2.81. The highest BCUT2D eigenvalue weighted by molar-refractivity contribution is 5.95. The van der Waals surface area contributed by atoms with E-state index in [2.05, 4.69) is 20.4 Å². The molecule has 2 aromatic heterocycles. The van der Waals surface area contributed by atoms with E-state index in [0.717, 1.165) is 26.2 Å². The van der Waals surface area contributed by atoms with E-state index >= 15 is 0 Å². The second kappa shape index (κ2) is 9.27. The molecule has 8 nitrogen and oxygen atoms in total. The Balaban J connectivity index is 1.65. The molecule has 0 aliphatic carbocycles. The lowest BCUT2D eigenvalue weighted by Crippen LogP contribution is -2.44. The second-order valence-electron chi connectivity index (χ2n) is 7.75. The van der Waals surface area contributed by atoms with Gasteiger partial charge >= 0.3 is 0 Å². The monoisotopic (exact) mass is 436 g/mol. The summed E-state index contributed by atoms with van der Waals surface area (Å²) in [5.74, 6) is -0.829. The van der Waals surface area contributed by atoms with E-state index in [1.54, 1.807) is 24.4 Å². The van der Waals surface area contributed by atoms with E-state index in [1.807, 2.05) is 23.4 Å². The summed E-state index contributed by atoms with van der Waals surface area (Å²) < 4.78 is 16.9. The van der Waals surface area contributed by atoms with Gasteiger partial charge in [-0.2, -0.15) is 5.10 Å². The van der Waals surface area contributed by atoms with Crippen molar-refractivity contribution in [1.29, 1.82) is 0 Å². The number of amides is 1. The number of nitrogens with zero attached hydrogens (tertiary/aromatic N) is 5. The van der Waals surface area contributed by atoms with Crippen molar-refractivity contribution in [2.24, 2.45) is 5.10 Å². The van der Waals surface area contributed by atoms with Crippen molar-refractivity contribution in [2.45, 2.75) is 13.5 Å². The van der Waals surface area contributed by atoms with Crippen molar-refractivity contribution in [1.82, 2.24) is 19.9 Å². The maximum absolute atomic E-state index is 15.0. The normalized spacial score (nSPS) is 14.9. The smallest absolute Gasteiger partial charge is 0.271 e. The van der Waals surface area contributed by atoms with Crippen LogP contribution in [-0.2, 0) is 6.54 Å². The molecule has 1 N–H and O–H groups in total. The molecule has 1 saturated heterocycles. The first-order valence-electron chi connectivity index (χ1n) is 10.5. The number of aryl methyl sites for hydroxylation is 1. The molecule has 4 rings (SSSR count). The number of halogens is 1. The minimum atomic E-state index is -0.415. The number of rotatable bonds is 5. The van der Waals surface area contributed by atoms with Crippen LogP contribution in [0.4, 0.5) is 10.1 Å². The molecule has 0 atom stereocenters. The van der Waals surface area contributed by atoms with Gasteiger partial charge in [0.2, 0.25) is 0 Å². The van der Waals surface area contributed by atoms with E-state index in [0.29, 0.717) is 23.3 Å². The lowest BCUT2D eigenvalue weighted by atomic mass is 10.1. The molecule has 1 fully saturated rings. The molecule has 9 heteroatoms. The van der Waals surface area contributed by atoms with Gasteiger partial charge in [0.15, 0.2) is 5.43 Å². The molecule has 0 bridgehead atoms. The molecule has 3 aromatic rings. The number of carbonyl (C=O) groups is 1. The Kier molecular flexibility index (Phi) is 6.27. The number of likely N-dealkylation sites (N-methyl/N-ethyl adjacent to an activating group) is 1. The minimum absolute atomic E-state index is 0.265. The first-order valence-corrected chi connectivity index (χ1v) is 10.5. The van der Waals surface area contributed by atoms with Crippen LogP contribution in [0.5, 0.6) is 0 Å². The molecule has 1 amide bonds. The van der Waals surface area contributed by atoms with Crippen molar-refractivity contribution >= 4 is 28.7 Å². The minimum Gasteiger partial charge on any atom is -0.367 e. The molecule has 1 aromatic carbocycles. The molecule has 1 aliphatic heterocycles. The third kappa shape index (κ3) is 4.38. The number of piperazine rings is 1. The predicted molar refractivity (Wildman–Crippen MR) is 123 cm³/mol. The molecule has 1 aliphatic rings. The Hall–Kier alpha value is -3.59. The standard InChI is InChI=1S/C23H25FN6O2/c1-3-29-15-17(14-26-27-23(32)16-4-6-25-7-5-16)22(31)18-12-19(24)21(13-20(18)29)30-10-8-28(2)9-11-30/h4-7,12-15H,3,8-11H2,1-2H3,(H,27,32)/b26-14+. The fourth-order valence-electron chi connectivity index (χ4n) is 3.79. The zero-order valence-corrected chi connectivity index (χ0v) is 18.1.